The van der Waals surface area contributed by atoms with Gasteiger partial charge in [-0.1, -0.05) is 6.08 Å². The summed E-state index contributed by atoms with van der Waals surface area (Å²) < 4.78 is 6.69. The van der Waals surface area contributed by atoms with E-state index in [1.807, 2.05) is 44.3 Å². The van der Waals surface area contributed by atoms with Gasteiger partial charge in [0.1, 0.15) is 0 Å². The fourth-order valence-electron chi connectivity index (χ4n) is 1.61. The lowest BCUT2D eigenvalue weighted by Crippen LogP contribution is -2.14. The molecule has 0 N–H and O–H groups in total. The van der Waals surface area contributed by atoms with Crippen LogP contribution in [0.4, 0.5) is 5.69 Å². The van der Waals surface area contributed by atoms with Crippen molar-refractivity contribution in [2.45, 2.75) is 39.7 Å². The quantitative estimate of drug-likeness (QED) is 0.392. The van der Waals surface area contributed by atoms with Crippen LogP contribution in [0.25, 0.3) is 0 Å². The second-order valence-electron chi connectivity index (χ2n) is 4.99. The van der Waals surface area contributed by atoms with E-state index in [4.69, 9.17) is 4.74 Å². The van der Waals surface area contributed by atoms with Gasteiger partial charge in [0.05, 0.1) is 28.3 Å². The molecule has 4 nitrogen and oxygen atoms in total. The van der Waals surface area contributed by atoms with E-state index < -0.39 is 0 Å². The van der Waals surface area contributed by atoms with Crippen LogP contribution in [0.3, 0.4) is 0 Å². The molecule has 1 atom stereocenters. The molecule has 116 valence electrons. The fraction of sp³-hybridized carbons (Fsp3) is 0.500. The van der Waals surface area contributed by atoms with Crippen molar-refractivity contribution in [3.05, 3.63) is 28.9 Å². The minimum Gasteiger partial charge on any atom is -0.474 e. The molecule has 1 rings (SSSR count). The van der Waals surface area contributed by atoms with E-state index in [0.29, 0.717) is 5.88 Å². The summed E-state index contributed by atoms with van der Waals surface area (Å²) in [5, 5.41) is 0. The topological polar surface area (TPSA) is 37.7 Å². The Morgan fingerprint density at radius 1 is 1.57 bits per heavy atom. The predicted molar refractivity (Wildman–Crippen MR) is 92.7 cm³/mol. The summed E-state index contributed by atoms with van der Waals surface area (Å²) in [6.45, 7) is 10.7. The number of allylic oxidation sites excluding steroid dienone is 1. The van der Waals surface area contributed by atoms with Gasteiger partial charge in [-0.05, 0) is 55.6 Å². The van der Waals surface area contributed by atoms with Gasteiger partial charge in [0.2, 0.25) is 5.88 Å². The standard InChI is InChI=1S/C16H24BrN3O/c1-6-8-9-12(3)21-16-14(17)10-15(13(4)19-16)18-11-20(5)7-2/h6,10-12H,1,7-9H2,2-5H3/b18-11+/t12-/m0/s1. The molecule has 0 radical (unpaired) electrons. The Balaban J connectivity index is 2.84. The zero-order valence-corrected chi connectivity index (χ0v) is 14.9. The molecule has 0 aromatic carbocycles. The Hall–Kier alpha value is -1.36. The van der Waals surface area contributed by atoms with Crippen molar-refractivity contribution in [2.75, 3.05) is 13.6 Å². The molecule has 0 saturated heterocycles. The van der Waals surface area contributed by atoms with Gasteiger partial charge in [-0.25, -0.2) is 9.98 Å². The number of rotatable bonds is 8. The first-order chi connectivity index (χ1) is 9.97. The number of pyridine rings is 1. The second-order valence-corrected chi connectivity index (χ2v) is 5.85. The molecule has 0 unspecified atom stereocenters. The molecule has 0 spiro atoms. The van der Waals surface area contributed by atoms with Crippen LogP contribution in [0.1, 0.15) is 32.4 Å². The van der Waals surface area contributed by atoms with E-state index in [0.717, 1.165) is 35.2 Å². The van der Waals surface area contributed by atoms with Gasteiger partial charge >= 0.3 is 0 Å². The number of aromatic nitrogens is 1. The molecular weight excluding hydrogens is 330 g/mol. The molecule has 1 aromatic rings. The van der Waals surface area contributed by atoms with Crippen LogP contribution in [0.15, 0.2) is 28.2 Å². The van der Waals surface area contributed by atoms with Gasteiger partial charge in [-0.2, -0.15) is 0 Å². The summed E-state index contributed by atoms with van der Waals surface area (Å²) in [5.74, 6) is 0.617. The third-order valence-electron chi connectivity index (χ3n) is 3.09. The van der Waals surface area contributed by atoms with Crippen molar-refractivity contribution >= 4 is 28.0 Å². The number of nitrogens with zero attached hydrogens (tertiary/aromatic N) is 3. The molecular formula is C16H24BrN3O. The summed E-state index contributed by atoms with van der Waals surface area (Å²) in [5.41, 5.74) is 1.69. The van der Waals surface area contributed by atoms with Crippen molar-refractivity contribution in [2.24, 2.45) is 4.99 Å². The summed E-state index contributed by atoms with van der Waals surface area (Å²) in [6, 6.07) is 1.94. The minimum absolute atomic E-state index is 0.103. The van der Waals surface area contributed by atoms with Crippen LogP contribution in [-0.2, 0) is 0 Å². The third kappa shape index (κ3) is 5.87. The van der Waals surface area contributed by atoms with Crippen molar-refractivity contribution in [1.82, 2.24) is 9.88 Å². The van der Waals surface area contributed by atoms with Crippen molar-refractivity contribution < 1.29 is 4.74 Å². The zero-order valence-electron chi connectivity index (χ0n) is 13.3. The molecule has 21 heavy (non-hydrogen) atoms. The Labute approximate surface area is 136 Å². The number of aryl methyl sites for hydroxylation is 1. The minimum atomic E-state index is 0.103. The summed E-state index contributed by atoms with van der Waals surface area (Å²) in [6.07, 6.45) is 5.67. The normalized spacial score (nSPS) is 12.4. The molecule has 0 fully saturated rings. The molecule has 0 aliphatic carbocycles. The second kappa shape index (κ2) is 8.82. The van der Waals surface area contributed by atoms with Crippen LogP contribution < -0.4 is 4.74 Å². The van der Waals surface area contributed by atoms with E-state index >= 15 is 0 Å². The van der Waals surface area contributed by atoms with Gasteiger partial charge < -0.3 is 9.64 Å². The van der Waals surface area contributed by atoms with Gasteiger partial charge in [-0.15, -0.1) is 6.58 Å². The highest BCUT2D eigenvalue weighted by Crippen LogP contribution is 2.30. The average Bonchev–Trinajstić information content (AvgIpc) is 2.46. The highest BCUT2D eigenvalue weighted by molar-refractivity contribution is 9.10. The number of halogens is 1. The molecule has 0 bridgehead atoms. The maximum absolute atomic E-state index is 5.86. The Bertz CT molecular complexity index is 503. The summed E-state index contributed by atoms with van der Waals surface area (Å²) in [4.78, 5) is 11.0. The van der Waals surface area contributed by atoms with Crippen LogP contribution in [0.5, 0.6) is 5.88 Å². The lowest BCUT2D eigenvalue weighted by Gasteiger charge is -2.15. The van der Waals surface area contributed by atoms with Gasteiger partial charge in [0.15, 0.2) is 0 Å². The maximum atomic E-state index is 5.86. The Kier molecular flexibility index (Phi) is 7.43. The van der Waals surface area contributed by atoms with Crippen LogP contribution in [-0.4, -0.2) is 35.9 Å². The van der Waals surface area contributed by atoms with Crippen LogP contribution in [0.2, 0.25) is 0 Å². The van der Waals surface area contributed by atoms with Crippen molar-refractivity contribution in [3.8, 4) is 5.88 Å². The molecule has 0 amide bonds. The third-order valence-corrected chi connectivity index (χ3v) is 3.66. The molecule has 1 heterocycles. The van der Waals surface area contributed by atoms with Crippen molar-refractivity contribution in [3.63, 3.8) is 0 Å². The van der Waals surface area contributed by atoms with Crippen LogP contribution in [0, 0.1) is 6.92 Å². The number of aliphatic imine (C=N–C) groups is 1. The molecule has 0 saturated carbocycles. The summed E-state index contributed by atoms with van der Waals surface area (Å²) >= 11 is 3.51. The smallest absolute Gasteiger partial charge is 0.228 e. The summed E-state index contributed by atoms with van der Waals surface area (Å²) in [7, 11) is 1.99. The maximum Gasteiger partial charge on any atom is 0.228 e. The van der Waals surface area contributed by atoms with Crippen molar-refractivity contribution in [1.29, 1.82) is 0 Å². The van der Waals surface area contributed by atoms with Crippen LogP contribution >= 0.6 is 15.9 Å². The number of hydrogen-bond acceptors (Lipinski definition) is 3. The highest BCUT2D eigenvalue weighted by atomic mass is 79.9. The van der Waals surface area contributed by atoms with E-state index in [1.165, 1.54) is 0 Å². The Morgan fingerprint density at radius 2 is 2.29 bits per heavy atom. The van der Waals surface area contributed by atoms with E-state index in [9.17, 15) is 0 Å². The molecule has 5 heteroatoms. The lowest BCUT2D eigenvalue weighted by molar-refractivity contribution is 0.202. The van der Waals surface area contributed by atoms with E-state index in [-0.39, 0.29) is 6.10 Å². The van der Waals surface area contributed by atoms with Gasteiger partial charge in [-0.3, -0.25) is 0 Å². The highest BCUT2D eigenvalue weighted by Gasteiger charge is 2.11. The first-order valence-electron chi connectivity index (χ1n) is 7.17. The van der Waals surface area contributed by atoms with Gasteiger partial charge in [0, 0.05) is 13.6 Å². The first kappa shape index (κ1) is 17.7. The largest absolute Gasteiger partial charge is 0.474 e. The first-order valence-corrected chi connectivity index (χ1v) is 7.96. The predicted octanol–water partition coefficient (Wildman–Crippen LogP) is 4.50. The number of ether oxygens (including phenoxy) is 1. The zero-order chi connectivity index (χ0) is 15.8. The number of hydrogen-bond donors (Lipinski definition) is 0. The fourth-order valence-corrected chi connectivity index (χ4v) is 2.01. The average molecular weight is 354 g/mol. The van der Waals surface area contributed by atoms with E-state index in [2.05, 4.69) is 39.4 Å². The van der Waals surface area contributed by atoms with Gasteiger partial charge in [0.25, 0.3) is 0 Å². The monoisotopic (exact) mass is 353 g/mol. The van der Waals surface area contributed by atoms with E-state index in [1.54, 1.807) is 0 Å². The molecule has 1 aromatic heterocycles. The Morgan fingerprint density at radius 3 is 2.90 bits per heavy atom. The molecule has 0 aliphatic rings. The lowest BCUT2D eigenvalue weighted by atomic mass is 10.2. The molecule has 0 aliphatic heterocycles. The SMILES string of the molecule is C=CCC[C@H](C)Oc1nc(C)c(/N=C/N(C)CC)cc1Br.